The highest BCUT2D eigenvalue weighted by Gasteiger charge is 2.58. The van der Waals surface area contributed by atoms with Crippen LogP contribution in [0, 0.1) is 0 Å². The van der Waals surface area contributed by atoms with E-state index in [1.54, 1.807) is 25.5 Å². The summed E-state index contributed by atoms with van der Waals surface area (Å²) in [5, 5.41) is 0. The zero-order valence-corrected chi connectivity index (χ0v) is 18.0. The molecule has 0 saturated carbocycles. The van der Waals surface area contributed by atoms with Crippen molar-refractivity contribution in [3.63, 3.8) is 0 Å². The van der Waals surface area contributed by atoms with E-state index in [0.717, 1.165) is 11.1 Å². The number of nitrogens with zero attached hydrogens (tertiary/aromatic N) is 5. The monoisotopic (exact) mass is 460 g/mol. The summed E-state index contributed by atoms with van der Waals surface area (Å²) in [6.07, 6.45) is 1.43. The van der Waals surface area contributed by atoms with Gasteiger partial charge >= 0.3 is 6.18 Å². The first-order valence-corrected chi connectivity index (χ1v) is 10.6. The molecule has 1 saturated heterocycles. The molecule has 2 aromatic rings. The fourth-order valence-corrected chi connectivity index (χ4v) is 5.04. The minimum atomic E-state index is -4.26. The van der Waals surface area contributed by atoms with Crippen molar-refractivity contribution in [3.8, 4) is 16.9 Å². The Morgan fingerprint density at radius 2 is 1.85 bits per heavy atom. The molecular weight excluding hydrogens is 437 g/mol. The summed E-state index contributed by atoms with van der Waals surface area (Å²) in [6.45, 7) is -0.527. The molecule has 1 unspecified atom stereocenters. The van der Waals surface area contributed by atoms with Gasteiger partial charge in [0.15, 0.2) is 11.5 Å². The largest absolute Gasteiger partial charge is 0.487 e. The van der Waals surface area contributed by atoms with Crippen LogP contribution in [0.25, 0.3) is 11.1 Å². The van der Waals surface area contributed by atoms with Crippen molar-refractivity contribution in [1.82, 2.24) is 19.8 Å². The molecule has 3 aliphatic heterocycles. The average Bonchev–Trinajstić information content (AvgIpc) is 2.99. The summed E-state index contributed by atoms with van der Waals surface area (Å²) in [5.74, 6) is 0.320. The van der Waals surface area contributed by atoms with Crippen molar-refractivity contribution < 1.29 is 22.7 Å². The van der Waals surface area contributed by atoms with Crippen LogP contribution in [0.15, 0.2) is 41.9 Å². The molecule has 11 heteroatoms. The Kier molecular flexibility index (Phi) is 4.85. The molecule has 0 aliphatic carbocycles. The Labute approximate surface area is 188 Å². The molecule has 0 bridgehead atoms. The molecule has 0 radical (unpaired) electrons. The Morgan fingerprint density at radius 1 is 1.15 bits per heavy atom. The molecular formula is C22H23F3N6O2. The number of benzene rings is 1. The van der Waals surface area contributed by atoms with Crippen molar-refractivity contribution in [2.75, 3.05) is 26.7 Å². The van der Waals surface area contributed by atoms with Gasteiger partial charge in [-0.05, 0) is 30.5 Å². The second-order valence-corrected chi connectivity index (χ2v) is 8.89. The second-order valence-electron chi connectivity index (χ2n) is 8.89. The van der Waals surface area contributed by atoms with E-state index in [-0.39, 0.29) is 31.4 Å². The number of rotatable bonds is 2. The zero-order valence-electron chi connectivity index (χ0n) is 18.0. The Balaban J connectivity index is 1.54. The van der Waals surface area contributed by atoms with E-state index in [9.17, 15) is 18.0 Å². The molecule has 4 heterocycles. The van der Waals surface area contributed by atoms with Crippen LogP contribution >= 0.6 is 0 Å². The minimum Gasteiger partial charge on any atom is -0.487 e. The maximum Gasteiger partial charge on any atom is 0.401 e. The number of ether oxygens (including phenoxy) is 1. The van der Waals surface area contributed by atoms with Crippen molar-refractivity contribution in [3.05, 3.63) is 42.5 Å². The number of hydrogen-bond acceptors (Lipinski definition) is 7. The number of amides is 1. The van der Waals surface area contributed by atoms with Gasteiger partial charge in [-0.1, -0.05) is 6.07 Å². The van der Waals surface area contributed by atoms with Gasteiger partial charge in [-0.2, -0.15) is 13.2 Å². The number of likely N-dealkylation sites (tertiary alicyclic amines) is 1. The molecule has 1 atom stereocenters. The molecule has 2 N–H and O–H groups in total. The second kappa shape index (κ2) is 7.41. The number of aromatic nitrogens is 2. The molecule has 2 spiro atoms. The van der Waals surface area contributed by atoms with Gasteiger partial charge in [0, 0.05) is 50.1 Å². The number of likely N-dealkylation sites (N-methyl/N-ethyl adjacent to an activating group) is 1. The number of fused-ring (bicyclic) bond motifs is 2. The van der Waals surface area contributed by atoms with Gasteiger partial charge in [0.2, 0.25) is 0 Å². The lowest BCUT2D eigenvalue weighted by molar-refractivity contribution is -0.155. The van der Waals surface area contributed by atoms with Crippen LogP contribution in [0.1, 0.15) is 24.8 Å². The Bertz CT molecular complexity index is 1110. The first kappa shape index (κ1) is 21.6. The number of guanidine groups is 1. The van der Waals surface area contributed by atoms with Crippen LogP contribution in [-0.4, -0.2) is 70.1 Å². The Morgan fingerprint density at radius 3 is 2.45 bits per heavy atom. The van der Waals surface area contributed by atoms with Gasteiger partial charge in [-0.15, -0.1) is 0 Å². The first-order valence-electron chi connectivity index (χ1n) is 10.6. The van der Waals surface area contributed by atoms with E-state index in [1.807, 2.05) is 12.1 Å². The fourth-order valence-electron chi connectivity index (χ4n) is 5.04. The number of hydrogen-bond donors (Lipinski definition) is 1. The summed E-state index contributed by atoms with van der Waals surface area (Å²) in [7, 11) is 1.57. The predicted molar refractivity (Wildman–Crippen MR) is 113 cm³/mol. The van der Waals surface area contributed by atoms with Crippen LogP contribution in [-0.2, 0) is 10.3 Å². The van der Waals surface area contributed by atoms with Crippen molar-refractivity contribution in [1.29, 1.82) is 0 Å². The third kappa shape index (κ3) is 3.69. The van der Waals surface area contributed by atoms with Crippen LogP contribution in [0.3, 0.4) is 0 Å². The minimum absolute atomic E-state index is 0.103. The van der Waals surface area contributed by atoms with Gasteiger partial charge in [0.1, 0.15) is 17.7 Å². The highest BCUT2D eigenvalue weighted by molar-refractivity contribution is 6.07. The standard InChI is InChI=1S/C22H23F3N6O2/c1-30-18(32)21(29-19(30)26)11-20(4-6-31(7-5-20)12-22(23,24)25)33-17-3-2-14(8-16(17)21)15-9-27-13-28-10-15/h2-3,8-10,13H,4-7,11-12H2,1H3,(H2,26,29). The summed E-state index contributed by atoms with van der Waals surface area (Å²) in [5.41, 5.74) is 6.11. The molecule has 3 aliphatic rings. The first-order chi connectivity index (χ1) is 15.6. The van der Waals surface area contributed by atoms with Crippen molar-refractivity contribution in [2.24, 2.45) is 10.7 Å². The number of carbonyl (C=O) groups excluding carboxylic acids is 1. The molecule has 5 rings (SSSR count). The normalized spacial score (nSPS) is 24.7. The van der Waals surface area contributed by atoms with Crippen LogP contribution in [0.4, 0.5) is 13.2 Å². The fraction of sp³-hybridized carbons (Fsp3) is 0.455. The number of aliphatic imine (C=N–C) groups is 1. The molecule has 33 heavy (non-hydrogen) atoms. The van der Waals surface area contributed by atoms with Gasteiger partial charge < -0.3 is 10.5 Å². The van der Waals surface area contributed by atoms with E-state index in [1.165, 1.54) is 16.1 Å². The third-order valence-corrected chi connectivity index (χ3v) is 6.70. The molecule has 174 valence electrons. The lowest BCUT2D eigenvalue weighted by atomic mass is 9.72. The summed E-state index contributed by atoms with van der Waals surface area (Å²) in [6, 6.07) is 5.46. The van der Waals surface area contributed by atoms with Gasteiger partial charge in [-0.25, -0.2) is 15.0 Å². The van der Waals surface area contributed by atoms with E-state index in [4.69, 9.17) is 10.5 Å². The van der Waals surface area contributed by atoms with Crippen LogP contribution < -0.4 is 10.5 Å². The van der Waals surface area contributed by atoms with E-state index < -0.39 is 23.9 Å². The van der Waals surface area contributed by atoms with Gasteiger partial charge in [0.25, 0.3) is 5.91 Å². The number of piperidine rings is 1. The van der Waals surface area contributed by atoms with E-state index in [0.29, 0.717) is 24.2 Å². The summed E-state index contributed by atoms with van der Waals surface area (Å²) >= 11 is 0. The summed E-state index contributed by atoms with van der Waals surface area (Å²) in [4.78, 5) is 28.9. The molecule has 1 fully saturated rings. The molecule has 1 aromatic heterocycles. The van der Waals surface area contributed by atoms with Crippen LogP contribution in [0.2, 0.25) is 0 Å². The molecule has 8 nitrogen and oxygen atoms in total. The average molecular weight is 460 g/mol. The van der Waals surface area contributed by atoms with Crippen molar-refractivity contribution >= 4 is 11.9 Å². The molecule has 1 amide bonds. The quantitative estimate of drug-likeness (QED) is 0.739. The maximum atomic E-state index is 13.5. The van der Waals surface area contributed by atoms with Gasteiger partial charge in [0.05, 0.1) is 6.54 Å². The smallest absolute Gasteiger partial charge is 0.401 e. The summed E-state index contributed by atoms with van der Waals surface area (Å²) < 4.78 is 45.0. The highest BCUT2D eigenvalue weighted by atomic mass is 19.4. The lowest BCUT2D eigenvalue weighted by Crippen LogP contribution is -2.56. The van der Waals surface area contributed by atoms with Crippen molar-refractivity contribution in [2.45, 2.75) is 36.6 Å². The molecule has 1 aromatic carbocycles. The number of nitrogens with two attached hydrogens (primary N) is 1. The topological polar surface area (TPSA) is 96.9 Å². The predicted octanol–water partition coefficient (Wildman–Crippen LogP) is 2.30. The van der Waals surface area contributed by atoms with Gasteiger partial charge in [-0.3, -0.25) is 14.6 Å². The number of carbonyl (C=O) groups is 1. The highest BCUT2D eigenvalue weighted by Crippen LogP contribution is 2.52. The zero-order chi connectivity index (χ0) is 23.4. The number of halogens is 3. The van der Waals surface area contributed by atoms with Crippen LogP contribution in [0.5, 0.6) is 5.75 Å². The Hall–Kier alpha value is -3.21. The third-order valence-electron chi connectivity index (χ3n) is 6.70. The number of alkyl halides is 3. The maximum absolute atomic E-state index is 13.5. The van der Waals surface area contributed by atoms with E-state index >= 15 is 0 Å². The van der Waals surface area contributed by atoms with E-state index in [2.05, 4.69) is 15.0 Å². The SMILES string of the molecule is CN1C(=O)C2(CC3(CCN(CC(F)(F)F)CC3)Oc3ccc(-c4cncnc4)cc32)N=C1N. The lowest BCUT2D eigenvalue weighted by Gasteiger charge is -2.48.